The summed E-state index contributed by atoms with van der Waals surface area (Å²) in [5.41, 5.74) is -1.46. The van der Waals surface area contributed by atoms with E-state index in [-0.39, 0.29) is 45.6 Å². The molecular weight excluding hydrogens is 537 g/mol. The predicted octanol–water partition coefficient (Wildman–Crippen LogP) is 5.50. The fourth-order valence-electron chi connectivity index (χ4n) is 4.37. The first kappa shape index (κ1) is 25.5. The molecular formula is C25H15ClF5N3O4. The fraction of sp³-hybridized carbons (Fsp3) is 0.160. The number of amides is 3. The molecule has 3 aromatic rings. The first-order valence-corrected chi connectivity index (χ1v) is 11.4. The zero-order valence-corrected chi connectivity index (χ0v) is 19.6. The van der Waals surface area contributed by atoms with Crippen molar-refractivity contribution in [1.82, 2.24) is 10.6 Å². The smallest absolute Gasteiger partial charge is 0.416 e. The summed E-state index contributed by atoms with van der Waals surface area (Å²) in [6, 6.07) is 6.57. The van der Waals surface area contributed by atoms with Gasteiger partial charge in [-0.1, -0.05) is 11.6 Å². The van der Waals surface area contributed by atoms with Gasteiger partial charge in [0.25, 0.3) is 11.8 Å². The first-order valence-electron chi connectivity index (χ1n) is 11.0. The summed E-state index contributed by atoms with van der Waals surface area (Å²) in [4.78, 5) is 37.5. The van der Waals surface area contributed by atoms with E-state index in [1.807, 2.05) is 0 Å². The Morgan fingerprint density at radius 1 is 1.03 bits per heavy atom. The number of hydrogen-bond acceptors (Lipinski definition) is 4. The van der Waals surface area contributed by atoms with Crippen molar-refractivity contribution < 1.29 is 41.1 Å². The topological polar surface area (TPSA) is 96.5 Å². The van der Waals surface area contributed by atoms with Gasteiger partial charge >= 0.3 is 12.3 Å². The fourth-order valence-corrected chi connectivity index (χ4v) is 4.59. The third-order valence-corrected chi connectivity index (χ3v) is 6.41. The van der Waals surface area contributed by atoms with Gasteiger partial charge in [0, 0.05) is 33.0 Å². The number of halogens is 6. The Balaban J connectivity index is 1.62. The number of carbonyl (C=O) groups is 3. The van der Waals surface area contributed by atoms with Crippen molar-refractivity contribution in [3.63, 3.8) is 0 Å². The second-order valence-electron chi connectivity index (χ2n) is 8.56. The molecule has 0 radical (unpaired) electrons. The van der Waals surface area contributed by atoms with Gasteiger partial charge in [-0.3, -0.25) is 9.59 Å². The SMILES string of the molecule is O=C1NC[C@@H](c2cc(NC(=O)c3cc(F)cc(C(F)(F)F)c3)c3c(c2)C(=O)N[C@H]3c2cc(F)ccc2Cl)O1. The molecule has 0 aliphatic carbocycles. The molecule has 5 rings (SSSR count). The highest BCUT2D eigenvalue weighted by molar-refractivity contribution is 6.31. The average Bonchev–Trinajstić information content (AvgIpc) is 3.43. The number of nitrogens with one attached hydrogen (secondary N) is 3. The number of ether oxygens (including phenoxy) is 1. The van der Waals surface area contributed by atoms with Gasteiger partial charge in [0.05, 0.1) is 18.2 Å². The van der Waals surface area contributed by atoms with Crippen molar-refractivity contribution in [1.29, 1.82) is 0 Å². The van der Waals surface area contributed by atoms with Gasteiger partial charge in [-0.15, -0.1) is 0 Å². The Morgan fingerprint density at radius 2 is 1.79 bits per heavy atom. The van der Waals surface area contributed by atoms with Crippen LogP contribution in [0.2, 0.25) is 5.02 Å². The molecule has 3 amide bonds. The number of fused-ring (bicyclic) bond motifs is 1. The minimum Gasteiger partial charge on any atom is -0.439 e. The lowest BCUT2D eigenvalue weighted by molar-refractivity contribution is -0.137. The summed E-state index contributed by atoms with van der Waals surface area (Å²) in [5, 5.41) is 7.63. The minimum atomic E-state index is -4.91. The van der Waals surface area contributed by atoms with Crippen LogP contribution >= 0.6 is 11.6 Å². The van der Waals surface area contributed by atoms with Crippen LogP contribution in [0.15, 0.2) is 48.5 Å². The Labute approximate surface area is 215 Å². The maximum atomic E-state index is 14.1. The summed E-state index contributed by atoms with van der Waals surface area (Å²) in [5.74, 6) is -3.67. The third-order valence-electron chi connectivity index (χ3n) is 6.07. The van der Waals surface area contributed by atoms with Crippen molar-refractivity contribution in [2.75, 3.05) is 11.9 Å². The second kappa shape index (κ2) is 9.28. The molecule has 2 aliphatic heterocycles. The van der Waals surface area contributed by atoms with Crippen LogP contribution in [-0.2, 0) is 10.9 Å². The molecule has 1 saturated heterocycles. The van der Waals surface area contributed by atoms with Gasteiger partial charge in [0.15, 0.2) is 0 Å². The molecule has 196 valence electrons. The van der Waals surface area contributed by atoms with E-state index in [0.717, 1.165) is 12.1 Å². The molecule has 1 fully saturated rings. The standard InChI is InChI=1S/C25H15ClF5N3O4/c26-17-2-1-13(27)8-15(17)21-20-16(23(36)34-21)5-10(19-9-32-24(37)38-19)6-18(20)33-22(35)11-3-12(25(29,30)31)7-14(28)4-11/h1-8,19,21H,9H2,(H,32,37)(H,33,35)(H,34,36)/t19-,21-/m0/s1. The number of alkyl carbamates (subject to hydrolysis) is 1. The molecule has 7 nitrogen and oxygen atoms in total. The Bertz CT molecular complexity index is 1510. The van der Waals surface area contributed by atoms with Crippen molar-refractivity contribution in [3.05, 3.63) is 98.6 Å². The number of rotatable bonds is 4. The molecule has 0 bridgehead atoms. The summed E-state index contributed by atoms with van der Waals surface area (Å²) < 4.78 is 72.8. The normalized spacial score (nSPS) is 18.5. The van der Waals surface area contributed by atoms with Gasteiger partial charge in [0.2, 0.25) is 0 Å². The van der Waals surface area contributed by atoms with Crippen LogP contribution in [0.3, 0.4) is 0 Å². The van der Waals surface area contributed by atoms with E-state index in [4.69, 9.17) is 16.3 Å². The third kappa shape index (κ3) is 4.74. The van der Waals surface area contributed by atoms with E-state index < -0.39 is 59.0 Å². The van der Waals surface area contributed by atoms with Crippen LogP contribution in [0.1, 0.15) is 55.1 Å². The minimum absolute atomic E-state index is 0.0290. The number of benzene rings is 3. The molecule has 2 atom stereocenters. The number of anilines is 1. The van der Waals surface area contributed by atoms with Crippen molar-refractivity contribution in [3.8, 4) is 0 Å². The average molecular weight is 552 g/mol. The molecule has 3 N–H and O–H groups in total. The Hall–Kier alpha value is -4.19. The summed E-state index contributed by atoms with van der Waals surface area (Å²) in [6.45, 7) is 0.0462. The number of carbonyl (C=O) groups excluding carboxylic acids is 3. The highest BCUT2D eigenvalue weighted by Gasteiger charge is 2.37. The summed E-state index contributed by atoms with van der Waals surface area (Å²) >= 11 is 6.25. The van der Waals surface area contributed by atoms with Crippen molar-refractivity contribution >= 4 is 35.2 Å². The van der Waals surface area contributed by atoms with Crippen LogP contribution in [0.25, 0.3) is 0 Å². The molecule has 0 spiro atoms. The van der Waals surface area contributed by atoms with Crippen LogP contribution < -0.4 is 16.0 Å². The van der Waals surface area contributed by atoms with Crippen LogP contribution in [-0.4, -0.2) is 24.5 Å². The molecule has 0 saturated carbocycles. The van der Waals surface area contributed by atoms with Crippen LogP contribution in [0.4, 0.5) is 32.4 Å². The monoisotopic (exact) mass is 551 g/mol. The molecule has 2 aliphatic rings. The number of alkyl halides is 3. The zero-order chi connectivity index (χ0) is 27.4. The van der Waals surface area contributed by atoms with Gasteiger partial charge < -0.3 is 20.7 Å². The van der Waals surface area contributed by atoms with Crippen LogP contribution in [0.5, 0.6) is 0 Å². The summed E-state index contributed by atoms with van der Waals surface area (Å²) in [7, 11) is 0. The first-order chi connectivity index (χ1) is 17.9. The molecule has 13 heteroatoms. The molecule has 3 aromatic carbocycles. The molecule has 0 unspecified atom stereocenters. The van der Waals surface area contributed by atoms with E-state index in [1.165, 1.54) is 18.2 Å². The largest absolute Gasteiger partial charge is 0.439 e. The predicted molar refractivity (Wildman–Crippen MR) is 124 cm³/mol. The lowest BCUT2D eigenvalue weighted by Crippen LogP contribution is -2.21. The van der Waals surface area contributed by atoms with E-state index >= 15 is 0 Å². The molecule has 38 heavy (non-hydrogen) atoms. The Morgan fingerprint density at radius 3 is 2.47 bits per heavy atom. The number of cyclic esters (lactones) is 1. The number of hydrogen-bond donors (Lipinski definition) is 3. The van der Waals surface area contributed by atoms with Crippen LogP contribution in [0, 0.1) is 11.6 Å². The van der Waals surface area contributed by atoms with E-state index in [2.05, 4.69) is 16.0 Å². The van der Waals surface area contributed by atoms with Crippen molar-refractivity contribution in [2.45, 2.75) is 18.3 Å². The maximum Gasteiger partial charge on any atom is 0.416 e. The van der Waals surface area contributed by atoms with Gasteiger partial charge in [-0.25, -0.2) is 13.6 Å². The summed E-state index contributed by atoms with van der Waals surface area (Å²) in [6.07, 6.45) is -6.47. The molecule has 2 heterocycles. The second-order valence-corrected chi connectivity index (χ2v) is 8.96. The lowest BCUT2D eigenvalue weighted by Gasteiger charge is -2.20. The van der Waals surface area contributed by atoms with E-state index in [9.17, 15) is 36.3 Å². The van der Waals surface area contributed by atoms with Gasteiger partial charge in [0.1, 0.15) is 17.7 Å². The van der Waals surface area contributed by atoms with E-state index in [0.29, 0.717) is 12.1 Å². The lowest BCUT2D eigenvalue weighted by atomic mass is 9.93. The zero-order valence-electron chi connectivity index (χ0n) is 18.9. The quantitative estimate of drug-likeness (QED) is 0.373. The van der Waals surface area contributed by atoms with E-state index in [1.54, 1.807) is 0 Å². The van der Waals surface area contributed by atoms with Gasteiger partial charge in [-0.05, 0) is 54.1 Å². The Kier molecular flexibility index (Phi) is 6.22. The maximum absolute atomic E-state index is 14.1. The highest BCUT2D eigenvalue weighted by Crippen LogP contribution is 2.41. The van der Waals surface area contributed by atoms with Crippen molar-refractivity contribution in [2.24, 2.45) is 0 Å². The molecule has 0 aromatic heterocycles. The van der Waals surface area contributed by atoms with Gasteiger partial charge in [-0.2, -0.15) is 13.2 Å². The highest BCUT2D eigenvalue weighted by atomic mass is 35.5.